The molecule has 0 bridgehead atoms. The number of nitrogens with zero attached hydrogens (tertiary/aromatic N) is 1. The minimum Gasteiger partial charge on any atom is -0.311 e. The van der Waals surface area contributed by atoms with E-state index in [9.17, 15) is 0 Å². The molecule has 1 heterocycles. The van der Waals surface area contributed by atoms with E-state index in [1.807, 2.05) is 0 Å². The van der Waals surface area contributed by atoms with Gasteiger partial charge in [-0.05, 0) is 50.7 Å². The van der Waals surface area contributed by atoms with Gasteiger partial charge in [0.25, 0.3) is 0 Å². The first-order valence-electron chi connectivity index (χ1n) is 9.33. The van der Waals surface area contributed by atoms with Crippen molar-refractivity contribution >= 4 is 11.8 Å². The standard InChI is InChI=1S/C18H34N2S/c1-3-15-12-19-18(14-7-5-4-6-8-14)13-20(15)16-9-10-17(11-16)21-2/h14-19H,3-13H2,1-2H3. The molecular formula is C18H34N2S. The fraction of sp³-hybridized carbons (Fsp3) is 1.00. The topological polar surface area (TPSA) is 15.3 Å². The van der Waals surface area contributed by atoms with E-state index in [-0.39, 0.29) is 0 Å². The van der Waals surface area contributed by atoms with Crippen LogP contribution in [0.15, 0.2) is 0 Å². The third-order valence-electron chi connectivity index (χ3n) is 6.34. The lowest BCUT2D eigenvalue weighted by molar-refractivity contribution is 0.0580. The molecule has 3 fully saturated rings. The van der Waals surface area contributed by atoms with Crippen LogP contribution in [0.3, 0.4) is 0 Å². The van der Waals surface area contributed by atoms with Crippen LogP contribution in [0.5, 0.6) is 0 Å². The molecule has 3 aliphatic rings. The van der Waals surface area contributed by atoms with E-state index in [1.165, 1.54) is 70.9 Å². The van der Waals surface area contributed by atoms with E-state index in [0.717, 1.165) is 29.3 Å². The summed E-state index contributed by atoms with van der Waals surface area (Å²) in [4.78, 5) is 2.92. The fourth-order valence-electron chi connectivity index (χ4n) is 4.96. The highest BCUT2D eigenvalue weighted by molar-refractivity contribution is 7.99. The molecule has 2 nitrogen and oxygen atoms in total. The third-order valence-corrected chi connectivity index (χ3v) is 7.44. The van der Waals surface area contributed by atoms with Crippen LogP contribution in [0, 0.1) is 5.92 Å². The molecule has 21 heavy (non-hydrogen) atoms. The van der Waals surface area contributed by atoms with Gasteiger partial charge < -0.3 is 5.32 Å². The summed E-state index contributed by atoms with van der Waals surface area (Å²) < 4.78 is 0. The highest BCUT2D eigenvalue weighted by Crippen LogP contribution is 2.35. The van der Waals surface area contributed by atoms with Crippen molar-refractivity contribution in [3.8, 4) is 0 Å². The van der Waals surface area contributed by atoms with Gasteiger partial charge in [0.05, 0.1) is 0 Å². The third kappa shape index (κ3) is 3.79. The molecule has 1 aliphatic heterocycles. The number of thioether (sulfide) groups is 1. The number of hydrogen-bond acceptors (Lipinski definition) is 3. The van der Waals surface area contributed by atoms with E-state index in [1.54, 1.807) is 0 Å². The predicted molar refractivity (Wildman–Crippen MR) is 94.1 cm³/mol. The number of piperazine rings is 1. The van der Waals surface area contributed by atoms with Gasteiger partial charge >= 0.3 is 0 Å². The lowest BCUT2D eigenvalue weighted by atomic mass is 9.82. The Balaban J connectivity index is 1.61. The van der Waals surface area contributed by atoms with Gasteiger partial charge in [-0.25, -0.2) is 0 Å². The van der Waals surface area contributed by atoms with Crippen LogP contribution in [-0.4, -0.2) is 47.6 Å². The molecule has 3 rings (SSSR count). The van der Waals surface area contributed by atoms with Crippen molar-refractivity contribution in [2.24, 2.45) is 5.92 Å². The van der Waals surface area contributed by atoms with Gasteiger partial charge in [0.1, 0.15) is 0 Å². The van der Waals surface area contributed by atoms with Gasteiger partial charge in [0, 0.05) is 36.5 Å². The largest absolute Gasteiger partial charge is 0.311 e. The van der Waals surface area contributed by atoms with Gasteiger partial charge in [0.15, 0.2) is 0 Å². The minimum atomic E-state index is 0.779. The van der Waals surface area contributed by atoms with Crippen molar-refractivity contribution in [1.29, 1.82) is 0 Å². The summed E-state index contributed by atoms with van der Waals surface area (Å²) in [5.41, 5.74) is 0. The van der Waals surface area contributed by atoms with Crippen LogP contribution < -0.4 is 5.32 Å². The Morgan fingerprint density at radius 1 is 1.10 bits per heavy atom. The van der Waals surface area contributed by atoms with Crippen molar-refractivity contribution in [1.82, 2.24) is 10.2 Å². The molecule has 0 aromatic heterocycles. The second-order valence-electron chi connectivity index (χ2n) is 7.50. The molecule has 1 saturated heterocycles. The first-order valence-corrected chi connectivity index (χ1v) is 10.6. The zero-order valence-corrected chi connectivity index (χ0v) is 14.8. The maximum absolute atomic E-state index is 3.92. The van der Waals surface area contributed by atoms with E-state index >= 15 is 0 Å². The van der Waals surface area contributed by atoms with Crippen LogP contribution >= 0.6 is 11.8 Å². The van der Waals surface area contributed by atoms with Crippen LogP contribution in [0.4, 0.5) is 0 Å². The number of rotatable bonds is 4. The molecule has 2 saturated carbocycles. The molecular weight excluding hydrogens is 276 g/mol. The zero-order chi connectivity index (χ0) is 14.7. The maximum Gasteiger partial charge on any atom is 0.0224 e. The van der Waals surface area contributed by atoms with Crippen molar-refractivity contribution in [3.63, 3.8) is 0 Å². The molecule has 0 aromatic rings. The van der Waals surface area contributed by atoms with Crippen molar-refractivity contribution in [2.45, 2.75) is 88.1 Å². The molecule has 2 aliphatic carbocycles. The van der Waals surface area contributed by atoms with Gasteiger partial charge in [0.2, 0.25) is 0 Å². The Morgan fingerprint density at radius 2 is 1.90 bits per heavy atom. The van der Waals surface area contributed by atoms with E-state index in [4.69, 9.17) is 0 Å². The van der Waals surface area contributed by atoms with E-state index in [0.29, 0.717) is 0 Å². The lowest BCUT2D eigenvalue weighted by Crippen LogP contribution is -2.61. The predicted octanol–water partition coefficient (Wildman–Crippen LogP) is 3.90. The van der Waals surface area contributed by atoms with Gasteiger partial charge in [-0.3, -0.25) is 4.90 Å². The van der Waals surface area contributed by atoms with Crippen LogP contribution in [0.2, 0.25) is 0 Å². The highest BCUT2D eigenvalue weighted by Gasteiger charge is 2.38. The summed E-state index contributed by atoms with van der Waals surface area (Å²) in [5, 5.41) is 4.85. The van der Waals surface area contributed by atoms with Crippen molar-refractivity contribution in [2.75, 3.05) is 19.3 Å². The second-order valence-corrected chi connectivity index (χ2v) is 8.63. The maximum atomic E-state index is 3.92. The number of nitrogens with one attached hydrogen (secondary N) is 1. The Kier molecular flexibility index (Phi) is 5.92. The fourth-order valence-corrected chi connectivity index (χ4v) is 5.74. The molecule has 0 spiro atoms. The summed E-state index contributed by atoms with van der Waals surface area (Å²) in [6.07, 6.45) is 15.3. The lowest BCUT2D eigenvalue weighted by Gasteiger charge is -2.46. The monoisotopic (exact) mass is 310 g/mol. The van der Waals surface area contributed by atoms with Crippen molar-refractivity contribution < 1.29 is 0 Å². The average molecular weight is 311 g/mol. The molecule has 122 valence electrons. The second kappa shape index (κ2) is 7.70. The number of hydrogen-bond donors (Lipinski definition) is 1. The quantitative estimate of drug-likeness (QED) is 0.848. The molecule has 4 unspecified atom stereocenters. The highest BCUT2D eigenvalue weighted by atomic mass is 32.2. The summed E-state index contributed by atoms with van der Waals surface area (Å²) in [6.45, 7) is 4.94. The van der Waals surface area contributed by atoms with Gasteiger partial charge in [-0.15, -0.1) is 0 Å². The zero-order valence-electron chi connectivity index (χ0n) is 14.0. The molecule has 3 heteroatoms. The first kappa shape index (κ1) is 16.1. The average Bonchev–Trinajstić information content (AvgIpc) is 3.04. The summed E-state index contributed by atoms with van der Waals surface area (Å²) in [7, 11) is 0. The van der Waals surface area contributed by atoms with Crippen LogP contribution in [0.1, 0.15) is 64.7 Å². The van der Waals surface area contributed by atoms with Gasteiger partial charge in [-0.2, -0.15) is 11.8 Å². The Morgan fingerprint density at radius 3 is 2.57 bits per heavy atom. The Labute approximate surface area is 135 Å². The first-order chi connectivity index (χ1) is 10.3. The molecule has 0 aromatic carbocycles. The summed E-state index contributed by atoms with van der Waals surface area (Å²) >= 11 is 2.10. The van der Waals surface area contributed by atoms with Gasteiger partial charge in [-0.1, -0.05) is 26.2 Å². The van der Waals surface area contributed by atoms with E-state index < -0.39 is 0 Å². The Bertz CT molecular complexity index is 316. The SMILES string of the molecule is CCC1CNC(C2CCCCC2)CN1C1CCC(SC)C1. The van der Waals surface area contributed by atoms with E-state index in [2.05, 4.69) is 35.2 Å². The summed E-state index contributed by atoms with van der Waals surface area (Å²) in [5.74, 6) is 0.955. The Hall–Kier alpha value is 0.270. The molecule has 0 amide bonds. The molecule has 0 radical (unpaired) electrons. The van der Waals surface area contributed by atoms with Crippen molar-refractivity contribution in [3.05, 3.63) is 0 Å². The smallest absolute Gasteiger partial charge is 0.0224 e. The molecule has 1 N–H and O–H groups in total. The van der Waals surface area contributed by atoms with Crippen LogP contribution in [-0.2, 0) is 0 Å². The molecule has 4 atom stereocenters. The summed E-state index contributed by atoms with van der Waals surface area (Å²) in [6, 6.07) is 2.44. The minimum absolute atomic E-state index is 0.779. The normalized spacial score (nSPS) is 39.7. The van der Waals surface area contributed by atoms with Crippen LogP contribution in [0.25, 0.3) is 0 Å².